The van der Waals surface area contributed by atoms with E-state index in [0.717, 1.165) is 16.5 Å². The van der Waals surface area contributed by atoms with Gasteiger partial charge in [-0.2, -0.15) is 0 Å². The Hall–Kier alpha value is -3.28. The summed E-state index contributed by atoms with van der Waals surface area (Å²) in [5.74, 6) is -0.278. The molecule has 2 amide bonds. The van der Waals surface area contributed by atoms with Crippen LogP contribution < -0.4 is 5.32 Å². The number of carbonyl (C=O) groups excluding carboxylic acids is 2. The average molecular weight is 362 g/mol. The number of likely N-dealkylation sites (N-methyl/N-ethyl adjacent to an activating group) is 1. The normalized spacial score (nSPS) is 10.6. The number of nitrogens with one attached hydrogen (secondary N) is 1. The summed E-state index contributed by atoms with van der Waals surface area (Å²) in [6.45, 7) is 4.48. The molecule has 1 N–H and O–H groups in total. The maximum absolute atomic E-state index is 12.6. The highest BCUT2D eigenvalue weighted by Crippen LogP contribution is 2.14. The van der Waals surface area contributed by atoms with Crippen molar-refractivity contribution in [3.63, 3.8) is 0 Å². The Morgan fingerprint density at radius 2 is 1.89 bits per heavy atom. The zero-order chi connectivity index (χ0) is 19.4. The van der Waals surface area contributed by atoms with Crippen molar-refractivity contribution >= 4 is 22.7 Å². The molecule has 0 aliphatic heterocycles. The molecule has 2 aromatic heterocycles. The third-order valence-corrected chi connectivity index (χ3v) is 4.51. The summed E-state index contributed by atoms with van der Waals surface area (Å²) < 4.78 is 0. The summed E-state index contributed by atoms with van der Waals surface area (Å²) in [4.78, 5) is 35.1. The van der Waals surface area contributed by atoms with E-state index in [9.17, 15) is 9.59 Å². The quantitative estimate of drug-likeness (QED) is 0.757. The summed E-state index contributed by atoms with van der Waals surface area (Å²) in [5.41, 5.74) is 3.55. The van der Waals surface area contributed by atoms with Crippen LogP contribution in [0.2, 0.25) is 0 Å². The minimum Gasteiger partial charge on any atom is -0.350 e. The van der Waals surface area contributed by atoms with Crippen LogP contribution in [-0.2, 0) is 0 Å². The molecule has 0 saturated heterocycles. The fourth-order valence-electron chi connectivity index (χ4n) is 2.96. The van der Waals surface area contributed by atoms with Crippen LogP contribution in [0.5, 0.6) is 0 Å². The van der Waals surface area contributed by atoms with Gasteiger partial charge in [-0.1, -0.05) is 12.1 Å². The topological polar surface area (TPSA) is 75.2 Å². The fourth-order valence-corrected chi connectivity index (χ4v) is 2.96. The molecule has 6 heteroatoms. The van der Waals surface area contributed by atoms with E-state index < -0.39 is 0 Å². The largest absolute Gasteiger partial charge is 0.350 e. The first-order chi connectivity index (χ1) is 13.0. The number of rotatable bonds is 5. The monoisotopic (exact) mass is 362 g/mol. The minimum atomic E-state index is -0.183. The van der Waals surface area contributed by atoms with Gasteiger partial charge in [0.25, 0.3) is 11.8 Å². The van der Waals surface area contributed by atoms with Crippen LogP contribution in [0, 0.1) is 13.8 Å². The van der Waals surface area contributed by atoms with Gasteiger partial charge in [-0.15, -0.1) is 0 Å². The third kappa shape index (κ3) is 4.11. The van der Waals surface area contributed by atoms with Crippen molar-refractivity contribution in [2.45, 2.75) is 13.8 Å². The molecule has 138 valence electrons. The van der Waals surface area contributed by atoms with Crippen LogP contribution in [-0.4, -0.2) is 46.8 Å². The maximum atomic E-state index is 12.6. The van der Waals surface area contributed by atoms with Gasteiger partial charge >= 0.3 is 0 Å². The van der Waals surface area contributed by atoms with E-state index in [-0.39, 0.29) is 11.8 Å². The van der Waals surface area contributed by atoms with Gasteiger partial charge < -0.3 is 10.2 Å². The molecule has 0 spiro atoms. The van der Waals surface area contributed by atoms with Crippen molar-refractivity contribution < 1.29 is 9.59 Å². The lowest BCUT2D eigenvalue weighted by atomic mass is 10.1. The number of carbonyl (C=O) groups is 2. The highest BCUT2D eigenvalue weighted by atomic mass is 16.2. The zero-order valence-electron chi connectivity index (χ0n) is 15.7. The molecule has 0 atom stereocenters. The Labute approximate surface area is 158 Å². The smallest absolute Gasteiger partial charge is 0.255 e. The second-order valence-electron chi connectivity index (χ2n) is 6.48. The molecule has 3 aromatic rings. The van der Waals surface area contributed by atoms with Gasteiger partial charge in [0.1, 0.15) is 0 Å². The minimum absolute atomic E-state index is 0.0951. The van der Waals surface area contributed by atoms with Crippen LogP contribution in [0.25, 0.3) is 10.9 Å². The standard InChI is InChI=1S/C21H22N4O2/c1-14-8-10-22-15(2)19(14)21(27)25(3)12-11-24-20(26)17-7-6-16-5-4-9-23-18(16)13-17/h4-10,13H,11-12H2,1-3H3,(H,24,26). The van der Waals surface area contributed by atoms with Crippen LogP contribution >= 0.6 is 0 Å². The zero-order valence-corrected chi connectivity index (χ0v) is 15.7. The number of aryl methyl sites for hydroxylation is 2. The number of benzene rings is 1. The highest BCUT2D eigenvalue weighted by molar-refractivity contribution is 5.98. The van der Waals surface area contributed by atoms with E-state index >= 15 is 0 Å². The van der Waals surface area contributed by atoms with E-state index in [1.54, 1.807) is 36.5 Å². The van der Waals surface area contributed by atoms with Crippen molar-refractivity contribution in [2.24, 2.45) is 0 Å². The van der Waals surface area contributed by atoms with Gasteiger partial charge in [-0.25, -0.2) is 0 Å². The third-order valence-electron chi connectivity index (χ3n) is 4.51. The number of pyridine rings is 2. The summed E-state index contributed by atoms with van der Waals surface area (Å²) in [6, 6.07) is 11.1. The molecule has 0 saturated carbocycles. The van der Waals surface area contributed by atoms with Crippen LogP contribution in [0.3, 0.4) is 0 Å². The molecule has 0 fully saturated rings. The van der Waals surface area contributed by atoms with E-state index in [1.165, 1.54) is 0 Å². The first-order valence-corrected chi connectivity index (χ1v) is 8.78. The molecule has 0 radical (unpaired) electrons. The predicted octanol–water partition coefficient (Wildman–Crippen LogP) is 2.75. The van der Waals surface area contributed by atoms with Crippen LogP contribution in [0.15, 0.2) is 48.8 Å². The second-order valence-corrected chi connectivity index (χ2v) is 6.48. The summed E-state index contributed by atoms with van der Waals surface area (Å²) >= 11 is 0. The molecule has 6 nitrogen and oxygen atoms in total. The molecule has 0 aliphatic carbocycles. The summed E-state index contributed by atoms with van der Waals surface area (Å²) in [7, 11) is 1.72. The van der Waals surface area contributed by atoms with E-state index in [1.807, 2.05) is 38.1 Å². The van der Waals surface area contributed by atoms with Gasteiger partial charge in [0.15, 0.2) is 0 Å². The molecule has 2 heterocycles. The number of hydrogen-bond donors (Lipinski definition) is 1. The molecule has 0 aliphatic rings. The number of fused-ring (bicyclic) bond motifs is 1. The molecular weight excluding hydrogens is 340 g/mol. The fraction of sp³-hybridized carbons (Fsp3) is 0.238. The van der Waals surface area contributed by atoms with Crippen molar-refractivity contribution in [1.82, 2.24) is 20.2 Å². The number of aromatic nitrogens is 2. The molecule has 0 bridgehead atoms. The Morgan fingerprint density at radius 3 is 2.67 bits per heavy atom. The summed E-state index contributed by atoms with van der Waals surface area (Å²) in [5, 5.41) is 3.84. The lowest BCUT2D eigenvalue weighted by Gasteiger charge is -2.19. The molecular formula is C21H22N4O2. The van der Waals surface area contributed by atoms with Gasteiger partial charge in [-0.3, -0.25) is 19.6 Å². The Morgan fingerprint density at radius 1 is 1.07 bits per heavy atom. The second kappa shape index (κ2) is 7.95. The van der Waals surface area contributed by atoms with E-state index in [2.05, 4.69) is 15.3 Å². The van der Waals surface area contributed by atoms with Gasteiger partial charge in [-0.05, 0) is 43.7 Å². The van der Waals surface area contributed by atoms with Gasteiger partial charge in [0.05, 0.1) is 16.8 Å². The Balaban J connectivity index is 1.59. The Kier molecular flexibility index (Phi) is 5.45. The maximum Gasteiger partial charge on any atom is 0.255 e. The van der Waals surface area contributed by atoms with Gasteiger partial charge in [0, 0.05) is 43.5 Å². The highest BCUT2D eigenvalue weighted by Gasteiger charge is 2.17. The van der Waals surface area contributed by atoms with Crippen molar-refractivity contribution in [2.75, 3.05) is 20.1 Å². The van der Waals surface area contributed by atoms with E-state index in [0.29, 0.717) is 29.9 Å². The first-order valence-electron chi connectivity index (χ1n) is 8.78. The molecule has 1 aromatic carbocycles. The summed E-state index contributed by atoms with van der Waals surface area (Å²) in [6.07, 6.45) is 3.40. The lowest BCUT2D eigenvalue weighted by Crippen LogP contribution is -2.36. The SMILES string of the molecule is Cc1ccnc(C)c1C(=O)N(C)CCNC(=O)c1ccc2cccnc2c1. The molecule has 3 rings (SSSR count). The van der Waals surface area contributed by atoms with Crippen LogP contribution in [0.1, 0.15) is 32.0 Å². The average Bonchev–Trinajstić information content (AvgIpc) is 2.67. The van der Waals surface area contributed by atoms with Crippen molar-refractivity contribution in [3.8, 4) is 0 Å². The van der Waals surface area contributed by atoms with Gasteiger partial charge in [0.2, 0.25) is 0 Å². The Bertz CT molecular complexity index is 980. The molecule has 27 heavy (non-hydrogen) atoms. The molecule has 0 unspecified atom stereocenters. The van der Waals surface area contributed by atoms with Crippen molar-refractivity contribution in [3.05, 3.63) is 71.2 Å². The van der Waals surface area contributed by atoms with Crippen LogP contribution in [0.4, 0.5) is 0 Å². The van der Waals surface area contributed by atoms with Crippen molar-refractivity contribution in [1.29, 1.82) is 0 Å². The number of hydrogen-bond acceptors (Lipinski definition) is 4. The lowest BCUT2D eigenvalue weighted by molar-refractivity contribution is 0.0785. The van der Waals surface area contributed by atoms with E-state index in [4.69, 9.17) is 0 Å². The first kappa shape index (κ1) is 18.5. The number of nitrogens with zero attached hydrogens (tertiary/aromatic N) is 3. The number of amides is 2. The predicted molar refractivity (Wildman–Crippen MR) is 105 cm³/mol.